The van der Waals surface area contributed by atoms with Crippen molar-refractivity contribution in [2.75, 3.05) is 6.54 Å². The number of hydrogen-bond acceptors (Lipinski definition) is 2. The van der Waals surface area contributed by atoms with Crippen molar-refractivity contribution in [1.29, 1.82) is 0 Å². The number of nitrogens with two attached hydrogens (primary N) is 1. The molecule has 0 fully saturated rings. The Kier molecular flexibility index (Phi) is 5.03. The highest BCUT2D eigenvalue weighted by molar-refractivity contribution is 6.06. The van der Waals surface area contributed by atoms with E-state index >= 15 is 0 Å². The van der Waals surface area contributed by atoms with Gasteiger partial charge in [-0.15, -0.1) is 0 Å². The second kappa shape index (κ2) is 7.77. The van der Waals surface area contributed by atoms with Gasteiger partial charge in [0.05, 0.1) is 6.54 Å². The minimum atomic E-state index is -0.281. The van der Waals surface area contributed by atoms with Crippen LogP contribution in [0.25, 0.3) is 21.7 Å². The monoisotopic (exact) mass is 358 g/mol. The Morgan fingerprint density at radius 3 is 2.56 bits per heavy atom. The van der Waals surface area contributed by atoms with Crippen LogP contribution in [-0.2, 0) is 6.54 Å². The van der Waals surface area contributed by atoms with Crippen LogP contribution in [0.15, 0.2) is 82.0 Å². The molecular weight excluding hydrogens is 334 g/mol. The average molecular weight is 358 g/mol. The van der Waals surface area contributed by atoms with Crippen LogP contribution in [0.2, 0.25) is 0 Å². The van der Waals surface area contributed by atoms with E-state index in [1.807, 2.05) is 24.3 Å². The van der Waals surface area contributed by atoms with Gasteiger partial charge in [-0.1, -0.05) is 67.6 Å². The molecule has 0 aliphatic heterocycles. The zero-order valence-electron chi connectivity index (χ0n) is 15.5. The minimum absolute atomic E-state index is 0.281. The second-order valence-electron chi connectivity index (χ2n) is 6.99. The zero-order chi connectivity index (χ0) is 18.6. The lowest BCUT2D eigenvalue weighted by Gasteiger charge is -2.14. The van der Waals surface area contributed by atoms with Crippen molar-refractivity contribution in [2.45, 2.75) is 25.8 Å². The molecule has 0 saturated carbocycles. The van der Waals surface area contributed by atoms with Gasteiger partial charge < -0.3 is 9.73 Å². The molecule has 0 spiro atoms. The molecular formula is C24H24NO2+. The summed E-state index contributed by atoms with van der Waals surface area (Å²) in [5.74, 6) is 0.509. The van der Waals surface area contributed by atoms with Crippen LogP contribution in [-0.4, -0.2) is 6.54 Å². The summed E-state index contributed by atoms with van der Waals surface area (Å²) in [6.07, 6.45) is 1.10. The molecule has 4 aromatic rings. The van der Waals surface area contributed by atoms with Crippen LogP contribution in [0.1, 0.15) is 30.4 Å². The molecule has 2 N–H and O–H groups in total. The normalized spacial score (nSPS) is 12.5. The number of rotatable bonds is 6. The molecule has 3 nitrogen and oxygen atoms in total. The van der Waals surface area contributed by atoms with Gasteiger partial charge in [0.25, 0.3) is 0 Å². The first-order valence-corrected chi connectivity index (χ1v) is 9.57. The third-order valence-electron chi connectivity index (χ3n) is 5.29. The van der Waals surface area contributed by atoms with Crippen molar-refractivity contribution in [3.63, 3.8) is 0 Å². The van der Waals surface area contributed by atoms with Gasteiger partial charge in [0.2, 0.25) is 0 Å². The van der Waals surface area contributed by atoms with Crippen LogP contribution in [0.5, 0.6) is 0 Å². The van der Waals surface area contributed by atoms with Gasteiger partial charge in [-0.05, 0) is 28.8 Å². The molecule has 0 bridgehead atoms. The highest BCUT2D eigenvalue weighted by Crippen LogP contribution is 2.27. The van der Waals surface area contributed by atoms with Crippen LogP contribution >= 0.6 is 0 Å². The Morgan fingerprint density at radius 1 is 0.963 bits per heavy atom. The fourth-order valence-electron chi connectivity index (χ4n) is 3.88. The first-order valence-electron chi connectivity index (χ1n) is 9.57. The minimum Gasteiger partial charge on any atom is -0.423 e. The lowest BCUT2D eigenvalue weighted by atomic mass is 9.96. The molecule has 4 rings (SSSR count). The van der Waals surface area contributed by atoms with Crippen molar-refractivity contribution in [3.8, 4) is 0 Å². The Hall–Kier alpha value is -2.91. The smallest absolute Gasteiger partial charge is 0.336 e. The lowest BCUT2D eigenvalue weighted by molar-refractivity contribution is -0.672. The van der Waals surface area contributed by atoms with Crippen LogP contribution in [0.4, 0.5) is 0 Å². The van der Waals surface area contributed by atoms with Crippen molar-refractivity contribution >= 4 is 21.7 Å². The molecule has 3 aromatic carbocycles. The Labute approximate surface area is 158 Å². The molecule has 1 atom stereocenters. The summed E-state index contributed by atoms with van der Waals surface area (Å²) in [6, 6.07) is 24.5. The summed E-state index contributed by atoms with van der Waals surface area (Å²) < 4.78 is 5.46. The van der Waals surface area contributed by atoms with E-state index in [2.05, 4.69) is 54.7 Å². The molecule has 0 aliphatic carbocycles. The van der Waals surface area contributed by atoms with Gasteiger partial charge in [0, 0.05) is 22.9 Å². The van der Waals surface area contributed by atoms with Crippen molar-refractivity contribution in [1.82, 2.24) is 0 Å². The first kappa shape index (κ1) is 17.5. The molecule has 136 valence electrons. The Bertz CT molecular complexity index is 1120. The maximum absolute atomic E-state index is 12.0. The number of hydrogen-bond donors (Lipinski definition) is 1. The molecule has 3 heteroatoms. The highest BCUT2D eigenvalue weighted by atomic mass is 16.4. The maximum atomic E-state index is 12.0. The van der Waals surface area contributed by atoms with E-state index in [0.717, 1.165) is 41.2 Å². The highest BCUT2D eigenvalue weighted by Gasteiger charge is 2.14. The van der Waals surface area contributed by atoms with E-state index in [-0.39, 0.29) is 5.63 Å². The maximum Gasteiger partial charge on any atom is 0.336 e. The van der Waals surface area contributed by atoms with E-state index < -0.39 is 0 Å². The number of fused-ring (bicyclic) bond motifs is 3. The third kappa shape index (κ3) is 3.64. The molecule has 0 amide bonds. The summed E-state index contributed by atoms with van der Waals surface area (Å²) in [4.78, 5) is 12.0. The molecule has 0 aliphatic rings. The number of quaternary nitrogens is 1. The van der Waals surface area contributed by atoms with Crippen LogP contribution in [0.3, 0.4) is 0 Å². The first-order chi connectivity index (χ1) is 13.3. The quantitative estimate of drug-likeness (QED) is 0.415. The van der Waals surface area contributed by atoms with E-state index in [4.69, 9.17) is 4.42 Å². The van der Waals surface area contributed by atoms with Crippen molar-refractivity contribution in [3.05, 3.63) is 94.3 Å². The third-order valence-corrected chi connectivity index (χ3v) is 5.29. The van der Waals surface area contributed by atoms with E-state index in [0.29, 0.717) is 11.5 Å². The van der Waals surface area contributed by atoms with Gasteiger partial charge in [-0.25, -0.2) is 4.79 Å². The van der Waals surface area contributed by atoms with Gasteiger partial charge in [0.1, 0.15) is 12.1 Å². The van der Waals surface area contributed by atoms with Gasteiger partial charge in [-0.2, -0.15) is 0 Å². The van der Waals surface area contributed by atoms with E-state index in [1.165, 1.54) is 5.56 Å². The summed E-state index contributed by atoms with van der Waals surface area (Å²) in [5.41, 5.74) is 2.80. The molecule has 0 radical (unpaired) electrons. The molecule has 27 heavy (non-hydrogen) atoms. The summed E-state index contributed by atoms with van der Waals surface area (Å²) in [5, 5.41) is 5.65. The van der Waals surface area contributed by atoms with E-state index in [1.54, 1.807) is 6.07 Å². The molecule has 1 aromatic heterocycles. The standard InChI is InChI=1S/C24H23NO2/c1-2-17(18-8-4-3-5-9-18)15-25-16-20-14-23(26)27-22-13-12-19-10-6-7-11-21(19)24(20)22/h3-14,17,25H,2,15-16H2,1H3/p+1/t17-/m0/s1. The lowest BCUT2D eigenvalue weighted by Crippen LogP contribution is -2.83. The Morgan fingerprint density at radius 2 is 1.74 bits per heavy atom. The largest absolute Gasteiger partial charge is 0.423 e. The van der Waals surface area contributed by atoms with Crippen molar-refractivity contribution in [2.24, 2.45) is 0 Å². The predicted molar refractivity (Wildman–Crippen MR) is 110 cm³/mol. The van der Waals surface area contributed by atoms with Gasteiger partial charge >= 0.3 is 5.63 Å². The van der Waals surface area contributed by atoms with Gasteiger partial charge in [0.15, 0.2) is 0 Å². The van der Waals surface area contributed by atoms with Gasteiger partial charge in [-0.3, -0.25) is 0 Å². The second-order valence-corrected chi connectivity index (χ2v) is 6.99. The summed E-state index contributed by atoms with van der Waals surface area (Å²) in [6.45, 7) is 3.98. The average Bonchev–Trinajstić information content (AvgIpc) is 2.71. The number of benzene rings is 3. The van der Waals surface area contributed by atoms with Crippen molar-refractivity contribution < 1.29 is 9.73 Å². The molecule has 0 saturated heterocycles. The molecule has 0 unspecified atom stereocenters. The van der Waals surface area contributed by atoms with E-state index in [9.17, 15) is 4.79 Å². The molecule has 1 heterocycles. The predicted octanol–water partition coefficient (Wildman–Crippen LogP) is 4.20. The zero-order valence-corrected chi connectivity index (χ0v) is 15.5. The van der Waals surface area contributed by atoms with Crippen LogP contribution < -0.4 is 10.9 Å². The summed E-state index contributed by atoms with van der Waals surface area (Å²) in [7, 11) is 0. The summed E-state index contributed by atoms with van der Waals surface area (Å²) >= 11 is 0. The SMILES string of the molecule is CC[C@@H](C[NH2+]Cc1cc(=O)oc2ccc3ccccc3c12)c1ccccc1. The fraction of sp³-hybridized carbons (Fsp3) is 0.208. The Balaban J connectivity index is 1.63. The fourth-order valence-corrected chi connectivity index (χ4v) is 3.88. The van der Waals surface area contributed by atoms with Crippen LogP contribution in [0, 0.1) is 0 Å². The topological polar surface area (TPSA) is 46.8 Å².